The van der Waals surface area contributed by atoms with E-state index in [1.165, 1.54) is 0 Å². The number of H-pyrrole nitrogens is 1. The second-order valence-electron chi connectivity index (χ2n) is 2.96. The first-order valence-electron chi connectivity index (χ1n) is 4.58. The SMILES string of the molecule is C=Cc1ccc2nc(SCC)[nH]c2c1. The molecule has 0 amide bonds. The third-order valence-electron chi connectivity index (χ3n) is 2.00. The van der Waals surface area contributed by atoms with Crippen molar-refractivity contribution in [2.24, 2.45) is 0 Å². The molecule has 0 saturated heterocycles. The molecule has 0 aliphatic carbocycles. The second-order valence-corrected chi connectivity index (χ2v) is 4.21. The summed E-state index contributed by atoms with van der Waals surface area (Å²) in [5.41, 5.74) is 3.22. The van der Waals surface area contributed by atoms with Crippen LogP contribution in [0.15, 0.2) is 29.9 Å². The third kappa shape index (κ3) is 1.68. The number of fused-ring (bicyclic) bond motifs is 1. The first kappa shape index (κ1) is 9.34. The molecule has 0 aliphatic heterocycles. The highest BCUT2D eigenvalue weighted by Gasteiger charge is 2.01. The Morgan fingerprint density at radius 3 is 3.14 bits per heavy atom. The zero-order chi connectivity index (χ0) is 9.97. The molecule has 2 nitrogen and oxygen atoms in total. The van der Waals surface area contributed by atoms with Gasteiger partial charge in [-0.1, -0.05) is 37.4 Å². The largest absolute Gasteiger partial charge is 0.333 e. The van der Waals surface area contributed by atoms with Crippen molar-refractivity contribution < 1.29 is 0 Å². The van der Waals surface area contributed by atoms with E-state index in [4.69, 9.17) is 0 Å². The number of thioether (sulfide) groups is 1. The predicted molar refractivity (Wildman–Crippen MR) is 62.6 cm³/mol. The van der Waals surface area contributed by atoms with Gasteiger partial charge in [-0.25, -0.2) is 4.98 Å². The molecular weight excluding hydrogens is 192 g/mol. The Morgan fingerprint density at radius 2 is 2.43 bits per heavy atom. The Kier molecular flexibility index (Phi) is 2.59. The van der Waals surface area contributed by atoms with Crippen LogP contribution in [-0.2, 0) is 0 Å². The Hall–Kier alpha value is -1.22. The van der Waals surface area contributed by atoms with Crippen LogP contribution in [0.1, 0.15) is 12.5 Å². The summed E-state index contributed by atoms with van der Waals surface area (Å²) in [6.45, 7) is 5.86. The maximum Gasteiger partial charge on any atom is 0.166 e. The van der Waals surface area contributed by atoms with Crippen LogP contribution in [0.2, 0.25) is 0 Å². The molecule has 0 unspecified atom stereocenters. The zero-order valence-electron chi connectivity index (χ0n) is 8.08. The molecule has 0 fully saturated rings. The molecule has 1 aromatic heterocycles. The average molecular weight is 204 g/mol. The molecule has 1 heterocycles. The Labute approximate surface area is 87.4 Å². The van der Waals surface area contributed by atoms with Gasteiger partial charge in [-0.2, -0.15) is 0 Å². The van der Waals surface area contributed by atoms with E-state index in [9.17, 15) is 0 Å². The Bertz CT molecular complexity index is 459. The van der Waals surface area contributed by atoms with Gasteiger partial charge in [-0.3, -0.25) is 0 Å². The molecule has 0 saturated carbocycles. The van der Waals surface area contributed by atoms with Gasteiger partial charge in [0.15, 0.2) is 5.16 Å². The minimum Gasteiger partial charge on any atom is -0.333 e. The second kappa shape index (κ2) is 3.88. The number of imidazole rings is 1. The van der Waals surface area contributed by atoms with Crippen LogP contribution in [0.5, 0.6) is 0 Å². The lowest BCUT2D eigenvalue weighted by Gasteiger charge is -1.90. The van der Waals surface area contributed by atoms with Crippen molar-refractivity contribution in [2.75, 3.05) is 5.75 Å². The third-order valence-corrected chi connectivity index (χ3v) is 2.76. The van der Waals surface area contributed by atoms with E-state index in [0.29, 0.717) is 0 Å². The maximum atomic E-state index is 4.45. The summed E-state index contributed by atoms with van der Waals surface area (Å²) >= 11 is 1.72. The van der Waals surface area contributed by atoms with Crippen LogP contribution >= 0.6 is 11.8 Å². The van der Waals surface area contributed by atoms with Gasteiger partial charge in [0.25, 0.3) is 0 Å². The molecular formula is C11H12N2S. The smallest absolute Gasteiger partial charge is 0.166 e. The molecule has 2 rings (SSSR count). The average Bonchev–Trinajstić information content (AvgIpc) is 2.59. The summed E-state index contributed by atoms with van der Waals surface area (Å²) in [5.74, 6) is 1.04. The highest BCUT2D eigenvalue weighted by Crippen LogP contribution is 2.20. The van der Waals surface area contributed by atoms with Crippen LogP contribution in [-0.4, -0.2) is 15.7 Å². The fourth-order valence-corrected chi connectivity index (χ4v) is 1.95. The molecule has 0 spiro atoms. The Morgan fingerprint density at radius 1 is 1.57 bits per heavy atom. The van der Waals surface area contributed by atoms with E-state index < -0.39 is 0 Å². The van der Waals surface area contributed by atoms with Crippen molar-refractivity contribution in [3.63, 3.8) is 0 Å². The molecule has 1 aromatic carbocycles. The van der Waals surface area contributed by atoms with Gasteiger partial charge in [-0.05, 0) is 23.4 Å². The van der Waals surface area contributed by atoms with E-state index >= 15 is 0 Å². The van der Waals surface area contributed by atoms with Gasteiger partial charge in [0.2, 0.25) is 0 Å². The fraction of sp³-hybridized carbons (Fsp3) is 0.182. The minimum atomic E-state index is 0.990. The number of aromatic nitrogens is 2. The molecule has 14 heavy (non-hydrogen) atoms. The number of hydrogen-bond donors (Lipinski definition) is 1. The number of nitrogens with one attached hydrogen (secondary N) is 1. The van der Waals surface area contributed by atoms with Gasteiger partial charge in [-0.15, -0.1) is 0 Å². The van der Waals surface area contributed by atoms with E-state index in [0.717, 1.165) is 27.5 Å². The van der Waals surface area contributed by atoms with Crippen molar-refractivity contribution in [3.05, 3.63) is 30.3 Å². The normalized spacial score (nSPS) is 10.6. The molecule has 0 bridgehead atoms. The molecule has 3 heteroatoms. The topological polar surface area (TPSA) is 28.7 Å². The van der Waals surface area contributed by atoms with Crippen molar-refractivity contribution >= 4 is 28.9 Å². The van der Waals surface area contributed by atoms with E-state index in [2.05, 4.69) is 29.5 Å². The van der Waals surface area contributed by atoms with Crippen molar-refractivity contribution in [1.29, 1.82) is 0 Å². The van der Waals surface area contributed by atoms with E-state index in [1.807, 2.05) is 18.2 Å². The zero-order valence-corrected chi connectivity index (χ0v) is 8.90. The molecule has 0 atom stereocenters. The van der Waals surface area contributed by atoms with Gasteiger partial charge < -0.3 is 4.98 Å². The summed E-state index contributed by atoms with van der Waals surface area (Å²) in [4.78, 5) is 7.73. The van der Waals surface area contributed by atoms with Gasteiger partial charge in [0, 0.05) is 0 Å². The van der Waals surface area contributed by atoms with Crippen LogP contribution < -0.4 is 0 Å². The molecule has 2 aromatic rings. The number of hydrogen-bond acceptors (Lipinski definition) is 2. The van der Waals surface area contributed by atoms with Crippen molar-refractivity contribution in [2.45, 2.75) is 12.1 Å². The molecule has 1 N–H and O–H groups in total. The van der Waals surface area contributed by atoms with Crippen LogP contribution in [0.3, 0.4) is 0 Å². The summed E-state index contributed by atoms with van der Waals surface area (Å²) in [6, 6.07) is 6.11. The van der Waals surface area contributed by atoms with Crippen molar-refractivity contribution in [1.82, 2.24) is 9.97 Å². The lowest BCUT2D eigenvalue weighted by molar-refractivity contribution is 1.08. The minimum absolute atomic E-state index is 0.990. The number of rotatable bonds is 3. The molecule has 72 valence electrons. The summed E-state index contributed by atoms with van der Waals surface area (Å²) in [7, 11) is 0. The summed E-state index contributed by atoms with van der Waals surface area (Å²) in [6.07, 6.45) is 1.84. The predicted octanol–water partition coefficient (Wildman–Crippen LogP) is 3.32. The summed E-state index contributed by atoms with van der Waals surface area (Å²) < 4.78 is 0. The van der Waals surface area contributed by atoms with Crippen LogP contribution in [0.25, 0.3) is 17.1 Å². The van der Waals surface area contributed by atoms with E-state index in [-0.39, 0.29) is 0 Å². The van der Waals surface area contributed by atoms with Crippen LogP contribution in [0, 0.1) is 0 Å². The number of benzene rings is 1. The standard InChI is InChI=1S/C11H12N2S/c1-3-8-5-6-9-10(7-8)13-11(12-9)14-4-2/h3,5-7H,1,4H2,2H3,(H,12,13). The quantitative estimate of drug-likeness (QED) is 0.777. The lowest BCUT2D eigenvalue weighted by Crippen LogP contribution is -1.73. The maximum absolute atomic E-state index is 4.45. The number of nitrogens with zero attached hydrogens (tertiary/aromatic N) is 1. The monoisotopic (exact) mass is 204 g/mol. The summed E-state index contributed by atoms with van der Waals surface area (Å²) in [5, 5.41) is 0.990. The first-order chi connectivity index (χ1) is 6.83. The fourth-order valence-electron chi connectivity index (χ4n) is 1.34. The molecule has 0 aliphatic rings. The number of aromatic amines is 1. The lowest BCUT2D eigenvalue weighted by atomic mass is 10.2. The van der Waals surface area contributed by atoms with Gasteiger partial charge in [0.05, 0.1) is 11.0 Å². The van der Waals surface area contributed by atoms with Gasteiger partial charge in [0.1, 0.15) is 0 Å². The first-order valence-corrected chi connectivity index (χ1v) is 5.57. The van der Waals surface area contributed by atoms with Crippen LogP contribution in [0.4, 0.5) is 0 Å². The van der Waals surface area contributed by atoms with Gasteiger partial charge >= 0.3 is 0 Å². The highest BCUT2D eigenvalue weighted by molar-refractivity contribution is 7.99. The Balaban J connectivity index is 2.48. The highest BCUT2D eigenvalue weighted by atomic mass is 32.2. The molecule has 0 radical (unpaired) electrons. The van der Waals surface area contributed by atoms with E-state index in [1.54, 1.807) is 11.8 Å². The van der Waals surface area contributed by atoms with Crippen molar-refractivity contribution in [3.8, 4) is 0 Å².